The van der Waals surface area contributed by atoms with Gasteiger partial charge >= 0.3 is 5.97 Å². The highest BCUT2D eigenvalue weighted by molar-refractivity contribution is 7.84. The Morgan fingerprint density at radius 3 is 2.42 bits per heavy atom. The number of rotatable bonds is 3. The third-order valence-corrected chi connectivity index (χ3v) is 5.12. The lowest BCUT2D eigenvalue weighted by Gasteiger charge is -2.37. The average molecular weight is 287 g/mol. The van der Waals surface area contributed by atoms with E-state index in [2.05, 4.69) is 0 Å². The fraction of sp³-hybridized carbons (Fsp3) is 0.786. The van der Waals surface area contributed by atoms with Gasteiger partial charge in [-0.15, -0.1) is 0 Å². The zero-order valence-electron chi connectivity index (χ0n) is 12.8. The largest absolute Gasteiger partial charge is 0.465 e. The fourth-order valence-electron chi connectivity index (χ4n) is 2.01. The standard InChI is InChI=1S/C14H25NO3S/c1-7-18-13(16)12-8-10(2)11(3)9-15(12)19(17)14(4,5)6/h12H,7-9H2,1-6H3. The van der Waals surface area contributed by atoms with Crippen LogP contribution in [0, 0.1) is 0 Å². The predicted molar refractivity (Wildman–Crippen MR) is 78.0 cm³/mol. The van der Waals surface area contributed by atoms with E-state index in [4.69, 9.17) is 4.74 Å². The molecule has 0 fully saturated rings. The average Bonchev–Trinajstić information content (AvgIpc) is 2.30. The molecule has 0 saturated carbocycles. The Morgan fingerprint density at radius 1 is 1.37 bits per heavy atom. The Bertz CT molecular complexity index is 409. The summed E-state index contributed by atoms with van der Waals surface area (Å²) in [5.41, 5.74) is 2.39. The number of nitrogens with zero attached hydrogens (tertiary/aromatic N) is 1. The number of hydrogen-bond donors (Lipinski definition) is 0. The molecule has 0 bridgehead atoms. The van der Waals surface area contributed by atoms with E-state index in [9.17, 15) is 9.00 Å². The molecule has 0 N–H and O–H groups in total. The molecule has 1 heterocycles. The summed E-state index contributed by atoms with van der Waals surface area (Å²) in [6, 6.07) is -0.427. The lowest BCUT2D eigenvalue weighted by atomic mass is 9.98. The lowest BCUT2D eigenvalue weighted by Crippen LogP contribution is -2.50. The smallest absolute Gasteiger partial charge is 0.324 e. The normalized spacial score (nSPS) is 23.4. The molecular formula is C14H25NO3S. The summed E-state index contributed by atoms with van der Waals surface area (Å²) in [5, 5.41) is 0. The van der Waals surface area contributed by atoms with Crippen molar-refractivity contribution in [1.29, 1.82) is 0 Å². The topological polar surface area (TPSA) is 46.6 Å². The van der Waals surface area contributed by atoms with Crippen molar-refractivity contribution in [2.75, 3.05) is 13.2 Å². The number of ether oxygens (including phenoxy) is 1. The van der Waals surface area contributed by atoms with Crippen molar-refractivity contribution in [2.24, 2.45) is 0 Å². The summed E-state index contributed by atoms with van der Waals surface area (Å²) in [6.45, 7) is 12.5. The number of esters is 1. The summed E-state index contributed by atoms with van der Waals surface area (Å²) < 4.78 is 19.1. The van der Waals surface area contributed by atoms with Gasteiger partial charge in [-0.1, -0.05) is 11.1 Å². The molecule has 0 aromatic heterocycles. The third kappa shape index (κ3) is 3.89. The molecule has 0 aromatic rings. The first-order valence-electron chi connectivity index (χ1n) is 6.69. The first-order valence-corrected chi connectivity index (χ1v) is 7.79. The lowest BCUT2D eigenvalue weighted by molar-refractivity contribution is -0.147. The van der Waals surface area contributed by atoms with Crippen molar-refractivity contribution in [1.82, 2.24) is 4.31 Å². The molecule has 110 valence electrons. The van der Waals surface area contributed by atoms with Crippen LogP contribution in [0.2, 0.25) is 0 Å². The second-order valence-corrected chi connectivity index (χ2v) is 8.16. The highest BCUT2D eigenvalue weighted by atomic mass is 32.2. The van der Waals surface area contributed by atoms with Gasteiger partial charge in [0.1, 0.15) is 17.0 Å². The van der Waals surface area contributed by atoms with Crippen LogP contribution in [0.25, 0.3) is 0 Å². The zero-order chi connectivity index (χ0) is 14.8. The molecule has 0 saturated heterocycles. The minimum absolute atomic E-state index is 0.271. The van der Waals surface area contributed by atoms with Gasteiger partial charge < -0.3 is 4.74 Å². The summed E-state index contributed by atoms with van der Waals surface area (Å²) in [4.78, 5) is 12.1. The molecule has 0 aromatic carbocycles. The summed E-state index contributed by atoms with van der Waals surface area (Å²) in [6.07, 6.45) is 0.604. The molecule has 4 nitrogen and oxygen atoms in total. The predicted octanol–water partition coefficient (Wildman–Crippen LogP) is 2.42. The highest BCUT2D eigenvalue weighted by Crippen LogP contribution is 2.28. The van der Waals surface area contributed by atoms with E-state index < -0.39 is 17.0 Å². The number of carbonyl (C=O) groups is 1. The van der Waals surface area contributed by atoms with Crippen LogP contribution in [0.15, 0.2) is 11.1 Å². The van der Waals surface area contributed by atoms with Gasteiger partial charge in [0, 0.05) is 6.54 Å². The maximum absolute atomic E-state index is 12.6. The molecule has 2 atom stereocenters. The minimum atomic E-state index is -1.22. The first-order chi connectivity index (χ1) is 8.68. The fourth-order valence-corrected chi connectivity index (χ4v) is 3.42. The van der Waals surface area contributed by atoms with E-state index in [-0.39, 0.29) is 10.7 Å². The third-order valence-electron chi connectivity index (χ3n) is 3.26. The summed E-state index contributed by atoms with van der Waals surface area (Å²) in [5.74, 6) is -0.271. The van der Waals surface area contributed by atoms with E-state index >= 15 is 0 Å². The van der Waals surface area contributed by atoms with Crippen LogP contribution in [-0.4, -0.2) is 38.4 Å². The van der Waals surface area contributed by atoms with Crippen molar-refractivity contribution in [3.63, 3.8) is 0 Å². The minimum Gasteiger partial charge on any atom is -0.465 e. The van der Waals surface area contributed by atoms with Crippen LogP contribution in [-0.2, 0) is 20.5 Å². The van der Waals surface area contributed by atoms with Gasteiger partial charge in [-0.25, -0.2) is 8.51 Å². The van der Waals surface area contributed by atoms with Crippen LogP contribution in [0.4, 0.5) is 0 Å². The van der Waals surface area contributed by atoms with Gasteiger partial charge in [-0.05, 0) is 48.0 Å². The maximum atomic E-state index is 12.6. The van der Waals surface area contributed by atoms with Crippen LogP contribution in [0.3, 0.4) is 0 Å². The Labute approximate surface area is 118 Å². The molecule has 1 rings (SSSR count). The van der Waals surface area contributed by atoms with Gasteiger partial charge in [0.05, 0.1) is 11.4 Å². The monoisotopic (exact) mass is 287 g/mol. The number of carbonyl (C=O) groups excluding carboxylic acids is 1. The van der Waals surface area contributed by atoms with E-state index in [1.165, 1.54) is 11.1 Å². The van der Waals surface area contributed by atoms with Crippen molar-refractivity contribution in [3.8, 4) is 0 Å². The Balaban J connectivity index is 3.04. The van der Waals surface area contributed by atoms with Gasteiger partial charge in [-0.2, -0.15) is 0 Å². The molecule has 1 aliphatic rings. The SMILES string of the molecule is CCOC(=O)C1CC(C)=C(C)CN1S(=O)C(C)(C)C. The molecule has 5 heteroatoms. The summed E-state index contributed by atoms with van der Waals surface area (Å²) >= 11 is 0. The van der Waals surface area contributed by atoms with Crippen molar-refractivity contribution < 1.29 is 13.7 Å². The van der Waals surface area contributed by atoms with E-state index in [1.54, 1.807) is 11.2 Å². The molecule has 1 aliphatic heterocycles. The van der Waals surface area contributed by atoms with Gasteiger partial charge in [-0.3, -0.25) is 4.79 Å². The molecule has 19 heavy (non-hydrogen) atoms. The van der Waals surface area contributed by atoms with Crippen LogP contribution >= 0.6 is 0 Å². The second kappa shape index (κ2) is 6.18. The van der Waals surface area contributed by atoms with Crippen LogP contribution in [0.5, 0.6) is 0 Å². The molecule has 0 aliphatic carbocycles. The van der Waals surface area contributed by atoms with Gasteiger partial charge in [0.2, 0.25) is 0 Å². The quantitative estimate of drug-likeness (QED) is 0.591. The Morgan fingerprint density at radius 2 is 1.95 bits per heavy atom. The zero-order valence-corrected chi connectivity index (χ0v) is 13.6. The molecule has 0 radical (unpaired) electrons. The second-order valence-electron chi connectivity index (χ2n) is 5.97. The highest BCUT2D eigenvalue weighted by Gasteiger charge is 2.38. The van der Waals surface area contributed by atoms with Crippen molar-refractivity contribution in [2.45, 2.75) is 58.8 Å². The Hall–Kier alpha value is -0.680. The molecule has 0 amide bonds. The molecular weight excluding hydrogens is 262 g/mol. The van der Waals surface area contributed by atoms with E-state index in [0.717, 1.165) is 0 Å². The Kier molecular flexibility index (Phi) is 5.33. The van der Waals surface area contributed by atoms with Crippen molar-refractivity contribution in [3.05, 3.63) is 11.1 Å². The first kappa shape index (κ1) is 16.4. The maximum Gasteiger partial charge on any atom is 0.324 e. The number of hydrogen-bond acceptors (Lipinski definition) is 3. The molecule has 0 spiro atoms. The van der Waals surface area contributed by atoms with Crippen molar-refractivity contribution >= 4 is 17.0 Å². The van der Waals surface area contributed by atoms with Gasteiger partial charge in [0.25, 0.3) is 0 Å². The van der Waals surface area contributed by atoms with Crippen LogP contribution < -0.4 is 0 Å². The molecule has 2 unspecified atom stereocenters. The van der Waals surface area contributed by atoms with E-state index in [1.807, 2.05) is 34.6 Å². The van der Waals surface area contributed by atoms with E-state index in [0.29, 0.717) is 19.6 Å². The van der Waals surface area contributed by atoms with Gasteiger partial charge in [0.15, 0.2) is 0 Å². The summed E-state index contributed by atoms with van der Waals surface area (Å²) in [7, 11) is -1.22. The van der Waals surface area contributed by atoms with Crippen LogP contribution in [0.1, 0.15) is 48.0 Å².